The molecule has 0 aromatic rings. The summed E-state index contributed by atoms with van der Waals surface area (Å²) in [6.07, 6.45) is 11.8. The predicted molar refractivity (Wildman–Crippen MR) is 103 cm³/mol. The fraction of sp³-hybridized carbons (Fsp3) is 0.783. The molecule has 4 rings (SSSR count). The number of hydrogen-bond acceptors (Lipinski definition) is 3. The number of carbonyl (C=O) groups is 1. The Bertz CT molecular complexity index is 677. The molecule has 3 heteroatoms. The van der Waals surface area contributed by atoms with Gasteiger partial charge in [0.15, 0.2) is 5.78 Å². The van der Waals surface area contributed by atoms with Gasteiger partial charge in [-0.3, -0.25) is 4.79 Å². The molecule has 0 radical (unpaired) electrons. The van der Waals surface area contributed by atoms with E-state index in [0.717, 1.165) is 50.7 Å². The molecule has 0 heterocycles. The fourth-order valence-electron chi connectivity index (χ4n) is 7.07. The summed E-state index contributed by atoms with van der Waals surface area (Å²) in [5.41, 5.74) is 1.49. The molecular weight excluding hydrogens is 324 g/mol. The Morgan fingerprint density at radius 1 is 1.23 bits per heavy atom. The number of rotatable bonds is 3. The van der Waals surface area contributed by atoms with Gasteiger partial charge in [0, 0.05) is 12.0 Å². The minimum absolute atomic E-state index is 0.136. The van der Waals surface area contributed by atoms with Crippen molar-refractivity contribution in [2.24, 2.45) is 22.7 Å². The SMILES string of the molecule is CCO[C@H]1CC[C@@]2(C)C(=CC[C@@H]3C2CC[C@]2(C)C(C(C)=O)=CC[C@@]32O)C1. The van der Waals surface area contributed by atoms with Crippen molar-refractivity contribution in [3.05, 3.63) is 23.3 Å². The van der Waals surface area contributed by atoms with Crippen LogP contribution in [-0.2, 0) is 9.53 Å². The Hall–Kier alpha value is -0.930. The number of fused-ring (bicyclic) bond motifs is 5. The quantitative estimate of drug-likeness (QED) is 0.750. The molecule has 4 aliphatic rings. The summed E-state index contributed by atoms with van der Waals surface area (Å²) >= 11 is 0. The molecule has 2 saturated carbocycles. The van der Waals surface area contributed by atoms with Crippen molar-refractivity contribution in [2.75, 3.05) is 6.61 Å². The minimum atomic E-state index is -0.765. The van der Waals surface area contributed by atoms with E-state index in [1.54, 1.807) is 12.5 Å². The average molecular weight is 359 g/mol. The van der Waals surface area contributed by atoms with Gasteiger partial charge in [0.25, 0.3) is 0 Å². The van der Waals surface area contributed by atoms with Crippen LogP contribution < -0.4 is 0 Å². The Labute approximate surface area is 157 Å². The number of hydrogen-bond donors (Lipinski definition) is 1. The molecule has 4 aliphatic carbocycles. The predicted octanol–water partition coefficient (Wildman–Crippen LogP) is 4.59. The zero-order valence-corrected chi connectivity index (χ0v) is 16.8. The van der Waals surface area contributed by atoms with Crippen LogP contribution in [0.2, 0.25) is 0 Å². The highest BCUT2D eigenvalue weighted by Crippen LogP contribution is 2.66. The largest absolute Gasteiger partial charge is 0.388 e. The second-order valence-electron chi connectivity index (χ2n) is 9.59. The standard InChI is InChI=1S/C23H34O3/c1-5-26-17-8-11-21(3)16(14-17)6-7-20-19(21)9-12-22(4)18(15(2)24)10-13-23(20,22)25/h6,10,17,19-20,25H,5,7-9,11-14H2,1-4H3/t17-,19?,20+,21-,22+,23+/m0/s1. The van der Waals surface area contributed by atoms with Gasteiger partial charge >= 0.3 is 0 Å². The van der Waals surface area contributed by atoms with E-state index in [9.17, 15) is 9.90 Å². The first-order valence-electron chi connectivity index (χ1n) is 10.5. The van der Waals surface area contributed by atoms with Crippen molar-refractivity contribution in [3.8, 4) is 0 Å². The third-order valence-corrected chi connectivity index (χ3v) is 8.61. The number of ether oxygens (including phenoxy) is 1. The maximum Gasteiger partial charge on any atom is 0.156 e. The lowest BCUT2D eigenvalue weighted by atomic mass is 9.45. The average Bonchev–Trinajstić information content (AvgIpc) is 2.87. The molecule has 0 amide bonds. The molecule has 6 atom stereocenters. The number of carbonyl (C=O) groups excluding carboxylic acids is 1. The van der Waals surface area contributed by atoms with Crippen LogP contribution in [-0.4, -0.2) is 29.2 Å². The van der Waals surface area contributed by atoms with E-state index in [-0.39, 0.29) is 22.5 Å². The van der Waals surface area contributed by atoms with Gasteiger partial charge < -0.3 is 9.84 Å². The Kier molecular flexibility index (Phi) is 4.28. The summed E-state index contributed by atoms with van der Waals surface area (Å²) in [5.74, 6) is 0.909. The van der Waals surface area contributed by atoms with Crippen LogP contribution in [0.25, 0.3) is 0 Å². The van der Waals surface area contributed by atoms with Crippen molar-refractivity contribution in [2.45, 2.75) is 84.3 Å². The molecule has 1 N–H and O–H groups in total. The van der Waals surface area contributed by atoms with Crippen LogP contribution in [0.1, 0.15) is 72.6 Å². The van der Waals surface area contributed by atoms with E-state index >= 15 is 0 Å². The van der Waals surface area contributed by atoms with Gasteiger partial charge in [0.2, 0.25) is 0 Å². The molecule has 0 saturated heterocycles. The van der Waals surface area contributed by atoms with Gasteiger partial charge in [0.1, 0.15) is 0 Å². The lowest BCUT2D eigenvalue weighted by molar-refractivity contribution is -0.164. The van der Waals surface area contributed by atoms with Crippen molar-refractivity contribution in [1.82, 2.24) is 0 Å². The van der Waals surface area contributed by atoms with Crippen LogP contribution in [0.4, 0.5) is 0 Å². The molecule has 0 aromatic heterocycles. The highest BCUT2D eigenvalue weighted by molar-refractivity contribution is 5.95. The third-order valence-electron chi connectivity index (χ3n) is 8.61. The number of Topliss-reactive ketones (excluding diaryl/α,β-unsaturated/α-hetero) is 1. The van der Waals surface area contributed by atoms with Gasteiger partial charge in [-0.2, -0.15) is 0 Å². The monoisotopic (exact) mass is 358 g/mol. The summed E-state index contributed by atoms with van der Waals surface area (Å²) < 4.78 is 5.92. The van der Waals surface area contributed by atoms with E-state index in [1.165, 1.54) is 0 Å². The summed E-state index contributed by atoms with van der Waals surface area (Å²) in [4.78, 5) is 12.2. The van der Waals surface area contributed by atoms with Gasteiger partial charge in [0.05, 0.1) is 11.7 Å². The van der Waals surface area contributed by atoms with E-state index < -0.39 is 5.60 Å². The summed E-state index contributed by atoms with van der Waals surface area (Å²) in [5, 5.41) is 11.9. The minimum Gasteiger partial charge on any atom is -0.388 e. The van der Waals surface area contributed by atoms with Crippen LogP contribution in [0.15, 0.2) is 23.3 Å². The first kappa shape index (κ1) is 18.4. The zero-order chi connectivity index (χ0) is 18.7. The van der Waals surface area contributed by atoms with Crippen molar-refractivity contribution >= 4 is 5.78 Å². The zero-order valence-electron chi connectivity index (χ0n) is 16.8. The smallest absolute Gasteiger partial charge is 0.156 e. The summed E-state index contributed by atoms with van der Waals surface area (Å²) in [6, 6.07) is 0. The number of allylic oxidation sites excluding steroid dienone is 1. The van der Waals surface area contributed by atoms with Gasteiger partial charge in [-0.15, -0.1) is 0 Å². The molecule has 2 fully saturated rings. The van der Waals surface area contributed by atoms with Crippen LogP contribution in [0.3, 0.4) is 0 Å². The normalized spacial score (nSPS) is 47.3. The van der Waals surface area contributed by atoms with E-state index in [1.807, 2.05) is 6.08 Å². The molecule has 0 aromatic carbocycles. The highest BCUT2D eigenvalue weighted by Gasteiger charge is 2.64. The van der Waals surface area contributed by atoms with Crippen LogP contribution >= 0.6 is 0 Å². The topological polar surface area (TPSA) is 46.5 Å². The van der Waals surface area contributed by atoms with Crippen LogP contribution in [0, 0.1) is 22.7 Å². The molecule has 3 nitrogen and oxygen atoms in total. The molecular formula is C23H34O3. The summed E-state index contributed by atoms with van der Waals surface area (Å²) in [6.45, 7) is 9.09. The van der Waals surface area contributed by atoms with Crippen molar-refractivity contribution < 1.29 is 14.6 Å². The Balaban J connectivity index is 1.66. The maximum absolute atomic E-state index is 12.2. The molecule has 0 spiro atoms. The fourth-order valence-corrected chi connectivity index (χ4v) is 7.07. The lowest BCUT2D eigenvalue weighted by Gasteiger charge is -2.61. The van der Waals surface area contributed by atoms with Gasteiger partial charge in [-0.1, -0.05) is 31.6 Å². The first-order valence-corrected chi connectivity index (χ1v) is 10.5. The van der Waals surface area contributed by atoms with Gasteiger partial charge in [-0.05, 0) is 81.6 Å². The third kappa shape index (κ3) is 2.29. The van der Waals surface area contributed by atoms with E-state index in [2.05, 4.69) is 26.8 Å². The van der Waals surface area contributed by atoms with E-state index in [4.69, 9.17) is 4.74 Å². The second-order valence-corrected chi connectivity index (χ2v) is 9.59. The number of aliphatic hydroxyl groups is 1. The van der Waals surface area contributed by atoms with Crippen LogP contribution in [0.5, 0.6) is 0 Å². The number of ketones is 1. The van der Waals surface area contributed by atoms with Crippen molar-refractivity contribution in [3.63, 3.8) is 0 Å². The molecule has 0 aliphatic heterocycles. The Morgan fingerprint density at radius 3 is 2.69 bits per heavy atom. The van der Waals surface area contributed by atoms with E-state index in [0.29, 0.717) is 18.4 Å². The highest BCUT2D eigenvalue weighted by atomic mass is 16.5. The maximum atomic E-state index is 12.2. The second kappa shape index (κ2) is 6.04. The van der Waals surface area contributed by atoms with Gasteiger partial charge in [-0.25, -0.2) is 0 Å². The molecule has 26 heavy (non-hydrogen) atoms. The Morgan fingerprint density at radius 2 is 2.00 bits per heavy atom. The first-order chi connectivity index (χ1) is 12.3. The van der Waals surface area contributed by atoms with Crippen molar-refractivity contribution in [1.29, 1.82) is 0 Å². The molecule has 0 bridgehead atoms. The lowest BCUT2D eigenvalue weighted by Crippen LogP contribution is -2.60. The molecule has 1 unspecified atom stereocenters. The molecule has 144 valence electrons. The summed E-state index contributed by atoms with van der Waals surface area (Å²) in [7, 11) is 0.